The van der Waals surface area contributed by atoms with Crippen molar-refractivity contribution in [2.45, 2.75) is 125 Å². The van der Waals surface area contributed by atoms with Crippen LogP contribution in [0.3, 0.4) is 0 Å². The Morgan fingerprint density at radius 2 is 1.17 bits per heavy atom. The molecule has 2 rings (SSSR count). The molecule has 4 heteroatoms. The number of rotatable bonds is 2. The average Bonchev–Trinajstić information content (AvgIpc) is 3.17. The van der Waals surface area contributed by atoms with Gasteiger partial charge in [-0.2, -0.15) is 0 Å². The second kappa shape index (κ2) is 37.2. The van der Waals surface area contributed by atoms with Gasteiger partial charge in [0.1, 0.15) is 0 Å². The molecule has 0 radical (unpaired) electrons. The Bertz CT molecular complexity index is 546. The normalized spacial score (nSPS) is 9.77. The molecule has 1 heterocycles. The molecular weight excluding hydrogens is 600 g/mol. The molecule has 1 aliphatic rings. The van der Waals surface area contributed by atoms with Crippen LogP contribution in [0.4, 0.5) is 0 Å². The topological polar surface area (TPSA) is 41.5 Å². The van der Waals surface area contributed by atoms with Crippen molar-refractivity contribution in [2.75, 3.05) is 0 Å². The van der Waals surface area contributed by atoms with E-state index in [0.717, 1.165) is 11.1 Å². The first-order valence-electron chi connectivity index (χ1n) is 12.7. The van der Waals surface area contributed by atoms with Gasteiger partial charge in [-0.15, -0.1) is 0 Å². The standard InChI is InChI=1S/C8H7NO.2C5H12.C4H4N.4C2H6.CH4.W/c10-8-7-4-2-1-3-6(7)5-9-8;2*1-5(2,3)4;1-3-4-5-2;4*1-2;;/h1-4H,5H2,(H,9,10);2*1-4H3;1-4H;4*1-2H3;1H4;/q;;;-1;;;;;;. The Morgan fingerprint density at radius 3 is 1.43 bits per heavy atom. The van der Waals surface area contributed by atoms with Gasteiger partial charge in [0.2, 0.25) is 0 Å². The van der Waals surface area contributed by atoms with Gasteiger partial charge in [-0.3, -0.25) is 4.79 Å². The van der Waals surface area contributed by atoms with E-state index in [1.54, 1.807) is 10.7 Å². The Hall–Kier alpha value is -1.34. The van der Waals surface area contributed by atoms with E-state index in [0.29, 0.717) is 17.4 Å². The Balaban J connectivity index is -0.0000000560. The molecule has 0 saturated carbocycles. The molecule has 0 aliphatic carbocycles. The summed E-state index contributed by atoms with van der Waals surface area (Å²) >= 11 is 1.34. The summed E-state index contributed by atoms with van der Waals surface area (Å²) in [5, 5.41) is 2.75. The summed E-state index contributed by atoms with van der Waals surface area (Å²) in [6, 6.07) is 7.63. The summed E-state index contributed by atoms with van der Waals surface area (Å²) in [6.07, 6.45) is 2.95. The zero-order chi connectivity index (χ0) is 28.8. The minimum atomic E-state index is 0. The van der Waals surface area contributed by atoms with Gasteiger partial charge in [0.25, 0.3) is 5.91 Å². The number of hydrogen-bond donors (Lipinski definition) is 1. The van der Waals surface area contributed by atoms with Gasteiger partial charge in [-0.05, 0) is 22.5 Å². The molecule has 1 aromatic carbocycles. The van der Waals surface area contributed by atoms with Crippen LogP contribution in [0.2, 0.25) is 0 Å². The number of nitrogens with one attached hydrogen (secondary N) is 1. The maximum atomic E-state index is 11.0. The van der Waals surface area contributed by atoms with E-state index in [1.165, 1.54) is 25.4 Å². The second-order valence-electron chi connectivity index (χ2n) is 8.94. The van der Waals surface area contributed by atoms with E-state index in [-0.39, 0.29) is 13.3 Å². The SMILES string of the molecule is C.CC.CC.CC.CC.CC(C)(C)C.CC(C)(C)C.O=C1NCc2ccccc21.[CH-]=CC=N[CH]=[W]. The predicted octanol–water partition coefficient (Wildman–Crippen LogP) is 10.1. The molecule has 0 atom stereocenters. The van der Waals surface area contributed by atoms with Crippen molar-refractivity contribution < 1.29 is 24.1 Å². The number of carbonyl (C=O) groups is 1. The summed E-state index contributed by atoms with van der Waals surface area (Å²) in [5.74, 6) is 0.0515. The Labute approximate surface area is 234 Å². The fourth-order valence-electron chi connectivity index (χ4n) is 1.25. The molecule has 1 amide bonds. The van der Waals surface area contributed by atoms with Crippen LogP contribution in [-0.2, 0) is 25.9 Å². The van der Waals surface area contributed by atoms with Crippen LogP contribution in [0.1, 0.15) is 134 Å². The molecule has 1 N–H and O–H groups in total. The fourth-order valence-corrected chi connectivity index (χ4v) is 1.50. The number of amides is 1. The van der Waals surface area contributed by atoms with Crippen molar-refractivity contribution in [3.63, 3.8) is 0 Å². The molecule has 0 unspecified atom stereocenters. The maximum absolute atomic E-state index is 11.0. The summed E-state index contributed by atoms with van der Waals surface area (Å²) < 4.78 is 1.75. The third-order valence-electron chi connectivity index (χ3n) is 1.93. The average molecular weight is 664 g/mol. The molecule has 0 spiro atoms. The summed E-state index contributed by atoms with van der Waals surface area (Å²) in [4.78, 5) is 14.7. The first-order chi connectivity index (χ1) is 15.8. The number of allylic oxidation sites excluding steroid dienone is 1. The van der Waals surface area contributed by atoms with Crippen molar-refractivity contribution >= 4 is 16.6 Å². The van der Waals surface area contributed by atoms with Crippen LogP contribution < -0.4 is 5.32 Å². The molecular formula is C31H63N2OW-. The molecule has 0 fully saturated rings. The third kappa shape index (κ3) is 65.4. The number of carbonyl (C=O) groups excluding carboxylic acids is 1. The molecule has 1 aromatic rings. The Kier molecular flexibility index (Phi) is 53.7. The van der Waals surface area contributed by atoms with Crippen LogP contribution in [0, 0.1) is 17.4 Å². The molecule has 1 aliphatic heterocycles. The predicted molar refractivity (Wildman–Crippen MR) is 163 cm³/mol. The summed E-state index contributed by atoms with van der Waals surface area (Å²) in [6.45, 7) is 39.1. The molecule has 35 heavy (non-hydrogen) atoms. The van der Waals surface area contributed by atoms with Crippen LogP contribution in [0.25, 0.3) is 0 Å². The van der Waals surface area contributed by atoms with Gasteiger partial charge in [-0.1, -0.05) is 136 Å². The van der Waals surface area contributed by atoms with E-state index in [2.05, 4.69) is 65.7 Å². The van der Waals surface area contributed by atoms with Crippen molar-refractivity contribution in [1.82, 2.24) is 5.32 Å². The van der Waals surface area contributed by atoms with Crippen LogP contribution in [-0.4, -0.2) is 16.6 Å². The van der Waals surface area contributed by atoms with E-state index >= 15 is 0 Å². The molecule has 210 valence electrons. The van der Waals surface area contributed by atoms with Gasteiger partial charge in [0.15, 0.2) is 0 Å². The summed E-state index contributed by atoms with van der Waals surface area (Å²) in [7, 11) is 0. The Morgan fingerprint density at radius 1 is 0.829 bits per heavy atom. The zero-order valence-corrected chi connectivity index (χ0v) is 28.5. The second-order valence-corrected chi connectivity index (χ2v) is 9.69. The number of aliphatic imine (C=N–C) groups is 1. The van der Waals surface area contributed by atoms with Crippen molar-refractivity contribution in [2.24, 2.45) is 15.8 Å². The molecule has 0 saturated heterocycles. The van der Waals surface area contributed by atoms with E-state index < -0.39 is 0 Å². The number of hydrogen-bond acceptors (Lipinski definition) is 2. The molecule has 0 bridgehead atoms. The van der Waals surface area contributed by atoms with E-state index in [1.807, 2.05) is 79.7 Å². The van der Waals surface area contributed by atoms with Gasteiger partial charge >= 0.3 is 47.7 Å². The number of fused-ring (bicyclic) bond motifs is 1. The van der Waals surface area contributed by atoms with E-state index in [4.69, 9.17) is 6.58 Å². The van der Waals surface area contributed by atoms with Gasteiger partial charge < -0.3 is 5.32 Å². The van der Waals surface area contributed by atoms with Crippen LogP contribution >= 0.6 is 0 Å². The summed E-state index contributed by atoms with van der Waals surface area (Å²) in [5.41, 5.74) is 2.93. The van der Waals surface area contributed by atoms with E-state index in [9.17, 15) is 4.79 Å². The quantitative estimate of drug-likeness (QED) is 0.248. The third-order valence-corrected chi connectivity index (χ3v) is 2.37. The van der Waals surface area contributed by atoms with Gasteiger partial charge in [0.05, 0.1) is 0 Å². The van der Waals surface area contributed by atoms with Gasteiger partial charge in [-0.25, -0.2) is 0 Å². The number of nitrogens with zero attached hydrogens (tertiary/aromatic N) is 1. The van der Waals surface area contributed by atoms with Crippen molar-refractivity contribution in [3.8, 4) is 0 Å². The minimum absolute atomic E-state index is 0. The monoisotopic (exact) mass is 663 g/mol. The number of benzene rings is 1. The zero-order valence-electron chi connectivity index (χ0n) is 25.6. The molecule has 0 aromatic heterocycles. The van der Waals surface area contributed by atoms with Crippen molar-refractivity contribution in [3.05, 3.63) is 48.0 Å². The first-order valence-corrected chi connectivity index (χ1v) is 14.4. The van der Waals surface area contributed by atoms with Crippen LogP contribution in [0.5, 0.6) is 0 Å². The fraction of sp³-hybridized carbons (Fsp3) is 0.645. The van der Waals surface area contributed by atoms with Gasteiger partial charge in [0, 0.05) is 12.1 Å². The van der Waals surface area contributed by atoms with Crippen LogP contribution in [0.15, 0.2) is 35.3 Å². The first kappa shape index (κ1) is 50.5. The van der Waals surface area contributed by atoms with Crippen molar-refractivity contribution in [1.29, 1.82) is 0 Å². The molecule has 3 nitrogen and oxygen atoms in total.